The first-order chi connectivity index (χ1) is 6.76. The number of esters is 1. The summed E-state index contributed by atoms with van der Waals surface area (Å²) in [5, 5.41) is 2.48. The van der Waals surface area contributed by atoms with Gasteiger partial charge in [0, 0.05) is 6.54 Å². The van der Waals surface area contributed by atoms with Crippen molar-refractivity contribution < 1.29 is 19.1 Å². The molecule has 0 bridgehead atoms. The van der Waals surface area contributed by atoms with Gasteiger partial charge in [-0.2, -0.15) is 0 Å². The number of amides is 1. The highest BCUT2D eigenvalue weighted by Gasteiger charge is 2.19. The fourth-order valence-electron chi connectivity index (χ4n) is 0.698. The van der Waals surface area contributed by atoms with E-state index in [4.69, 9.17) is 4.74 Å². The van der Waals surface area contributed by atoms with Crippen molar-refractivity contribution in [2.24, 2.45) is 0 Å². The van der Waals surface area contributed by atoms with Crippen LogP contribution in [-0.2, 0) is 14.3 Å². The first-order valence-electron chi connectivity index (χ1n) is 4.45. The molecule has 0 aliphatic heterocycles. The molecule has 1 N–H and O–H groups in total. The van der Waals surface area contributed by atoms with E-state index in [-0.39, 0.29) is 12.5 Å². The van der Waals surface area contributed by atoms with E-state index < -0.39 is 15.6 Å². The smallest absolute Gasteiger partial charge is 0.407 e. The van der Waals surface area contributed by atoms with Gasteiger partial charge in [-0.05, 0) is 20.8 Å². The van der Waals surface area contributed by atoms with E-state index in [9.17, 15) is 9.59 Å². The van der Waals surface area contributed by atoms with Crippen molar-refractivity contribution in [1.82, 2.24) is 5.32 Å². The Morgan fingerprint density at radius 1 is 1.40 bits per heavy atom. The van der Waals surface area contributed by atoms with Gasteiger partial charge in [0.1, 0.15) is 9.53 Å². The monoisotopic (exact) mass is 329 g/mol. The molecule has 0 fully saturated rings. The lowest BCUT2D eigenvalue weighted by Crippen LogP contribution is -2.37. The van der Waals surface area contributed by atoms with Gasteiger partial charge in [0.15, 0.2) is 0 Å². The number of hydrogen-bond donors (Lipinski definition) is 1. The molecule has 0 radical (unpaired) electrons. The molecule has 0 saturated carbocycles. The first kappa shape index (κ1) is 14.5. The number of carbonyl (C=O) groups excluding carboxylic acids is 2. The summed E-state index contributed by atoms with van der Waals surface area (Å²) in [4.78, 5) is 22.2. The second-order valence-electron chi connectivity index (χ2n) is 3.87. The zero-order valence-corrected chi connectivity index (χ0v) is 11.5. The van der Waals surface area contributed by atoms with Crippen molar-refractivity contribution in [3.8, 4) is 0 Å². The molecule has 1 unspecified atom stereocenters. The molecular formula is C9H16INO4. The minimum Gasteiger partial charge on any atom is -0.468 e. The van der Waals surface area contributed by atoms with Crippen molar-refractivity contribution in [3.05, 3.63) is 0 Å². The molecule has 6 heteroatoms. The van der Waals surface area contributed by atoms with Crippen LogP contribution in [0.25, 0.3) is 0 Å². The summed E-state index contributed by atoms with van der Waals surface area (Å²) in [5.41, 5.74) is -0.532. The molecule has 0 aliphatic carbocycles. The fraction of sp³-hybridized carbons (Fsp3) is 0.778. The Morgan fingerprint density at radius 2 is 1.93 bits per heavy atom. The van der Waals surface area contributed by atoms with Crippen LogP contribution in [0.1, 0.15) is 20.8 Å². The van der Waals surface area contributed by atoms with Crippen LogP contribution in [0.3, 0.4) is 0 Å². The van der Waals surface area contributed by atoms with Crippen LogP contribution in [0, 0.1) is 0 Å². The van der Waals surface area contributed by atoms with E-state index in [1.54, 1.807) is 20.8 Å². The van der Waals surface area contributed by atoms with Crippen molar-refractivity contribution >= 4 is 34.7 Å². The first-order valence-corrected chi connectivity index (χ1v) is 5.69. The number of alkyl halides is 1. The average molecular weight is 329 g/mol. The van der Waals surface area contributed by atoms with Gasteiger partial charge in [-0.25, -0.2) is 4.79 Å². The van der Waals surface area contributed by atoms with Gasteiger partial charge >= 0.3 is 12.1 Å². The largest absolute Gasteiger partial charge is 0.468 e. The van der Waals surface area contributed by atoms with E-state index in [2.05, 4.69) is 10.1 Å². The highest BCUT2D eigenvalue weighted by molar-refractivity contribution is 14.1. The second kappa shape index (κ2) is 6.14. The predicted octanol–water partition coefficient (Wildman–Crippen LogP) is 1.49. The lowest BCUT2D eigenvalue weighted by Gasteiger charge is -2.20. The summed E-state index contributed by atoms with van der Waals surface area (Å²) in [6.45, 7) is 5.51. The van der Waals surface area contributed by atoms with Crippen molar-refractivity contribution in [2.75, 3.05) is 13.7 Å². The summed E-state index contributed by atoms with van der Waals surface area (Å²) < 4.78 is 9.10. The Labute approximate surface area is 103 Å². The van der Waals surface area contributed by atoms with E-state index in [0.29, 0.717) is 0 Å². The quantitative estimate of drug-likeness (QED) is 0.484. The Balaban J connectivity index is 3.86. The van der Waals surface area contributed by atoms with E-state index in [1.807, 2.05) is 22.6 Å². The fourth-order valence-corrected chi connectivity index (χ4v) is 1.17. The summed E-state index contributed by atoms with van der Waals surface area (Å²) in [6.07, 6.45) is -0.534. The standard InChI is InChI=1S/C9H16INO4/c1-9(2,3)15-8(13)11-5-6(10)7(12)14-4/h6H,5H2,1-4H3,(H,11,13). The third-order valence-corrected chi connectivity index (χ3v) is 2.23. The maximum Gasteiger partial charge on any atom is 0.407 e. The van der Waals surface area contributed by atoms with Gasteiger partial charge in [-0.3, -0.25) is 4.79 Å². The molecule has 88 valence electrons. The number of methoxy groups -OCH3 is 1. The molecule has 0 heterocycles. The highest BCUT2D eigenvalue weighted by Crippen LogP contribution is 2.07. The maximum atomic E-state index is 11.2. The Bertz CT molecular complexity index is 237. The third-order valence-electron chi connectivity index (χ3n) is 1.28. The van der Waals surface area contributed by atoms with Crippen LogP contribution in [0.2, 0.25) is 0 Å². The van der Waals surface area contributed by atoms with Gasteiger partial charge in [0.25, 0.3) is 0 Å². The third kappa shape index (κ3) is 7.40. The highest BCUT2D eigenvalue weighted by atomic mass is 127. The minimum absolute atomic E-state index is 0.197. The second-order valence-corrected chi connectivity index (χ2v) is 5.38. The van der Waals surface area contributed by atoms with Crippen molar-refractivity contribution in [3.63, 3.8) is 0 Å². The predicted molar refractivity (Wildman–Crippen MR) is 64.1 cm³/mol. The number of nitrogens with one attached hydrogen (secondary N) is 1. The maximum absolute atomic E-state index is 11.2. The average Bonchev–Trinajstić information content (AvgIpc) is 2.10. The van der Waals surface area contributed by atoms with Crippen LogP contribution < -0.4 is 5.32 Å². The lowest BCUT2D eigenvalue weighted by atomic mass is 10.2. The number of hydrogen-bond acceptors (Lipinski definition) is 4. The van der Waals surface area contributed by atoms with Crippen LogP contribution in [0.5, 0.6) is 0 Å². The van der Waals surface area contributed by atoms with Gasteiger partial charge in [-0.1, -0.05) is 22.6 Å². The van der Waals surface area contributed by atoms with E-state index >= 15 is 0 Å². The minimum atomic E-state index is -0.534. The molecule has 5 nitrogen and oxygen atoms in total. The Morgan fingerprint density at radius 3 is 2.33 bits per heavy atom. The molecule has 0 aromatic carbocycles. The Hall–Kier alpha value is -0.530. The summed E-state index contributed by atoms with van der Waals surface area (Å²) >= 11 is 1.89. The van der Waals surface area contributed by atoms with Crippen LogP contribution in [0.15, 0.2) is 0 Å². The van der Waals surface area contributed by atoms with Gasteiger partial charge in [0.05, 0.1) is 7.11 Å². The molecule has 15 heavy (non-hydrogen) atoms. The van der Waals surface area contributed by atoms with Gasteiger partial charge in [0.2, 0.25) is 0 Å². The number of ether oxygens (including phenoxy) is 2. The summed E-state index contributed by atoms with van der Waals surface area (Å²) in [5.74, 6) is -0.369. The number of alkyl carbamates (subject to hydrolysis) is 1. The van der Waals surface area contributed by atoms with Gasteiger partial charge < -0.3 is 14.8 Å². The zero-order valence-electron chi connectivity index (χ0n) is 9.30. The summed E-state index contributed by atoms with van der Waals surface area (Å²) in [7, 11) is 1.31. The Kier molecular flexibility index (Phi) is 5.92. The van der Waals surface area contributed by atoms with Crippen LogP contribution >= 0.6 is 22.6 Å². The number of carbonyl (C=O) groups is 2. The van der Waals surface area contributed by atoms with Crippen LogP contribution in [-0.4, -0.2) is 35.2 Å². The molecule has 0 aromatic heterocycles. The molecule has 1 atom stereocenters. The molecule has 0 rings (SSSR count). The van der Waals surface area contributed by atoms with E-state index in [1.165, 1.54) is 7.11 Å². The number of halogens is 1. The van der Waals surface area contributed by atoms with Crippen LogP contribution in [0.4, 0.5) is 4.79 Å². The molecule has 0 spiro atoms. The molecule has 0 saturated heterocycles. The van der Waals surface area contributed by atoms with E-state index in [0.717, 1.165) is 0 Å². The van der Waals surface area contributed by atoms with Crippen molar-refractivity contribution in [2.45, 2.75) is 30.3 Å². The molecule has 0 aliphatic rings. The van der Waals surface area contributed by atoms with Gasteiger partial charge in [-0.15, -0.1) is 0 Å². The normalized spacial score (nSPS) is 12.9. The lowest BCUT2D eigenvalue weighted by molar-refractivity contribution is -0.139. The van der Waals surface area contributed by atoms with Crippen molar-refractivity contribution in [1.29, 1.82) is 0 Å². The SMILES string of the molecule is COC(=O)C(I)CNC(=O)OC(C)(C)C. The molecule has 1 amide bonds. The molecular weight excluding hydrogens is 313 g/mol. The number of rotatable bonds is 3. The topological polar surface area (TPSA) is 64.6 Å². The molecule has 0 aromatic rings. The zero-order chi connectivity index (χ0) is 12.1. The summed E-state index contributed by atoms with van der Waals surface area (Å²) in [6, 6.07) is 0.